The molecule has 13 nitrogen and oxygen atoms in total. The number of anilines is 3. The van der Waals surface area contributed by atoms with Gasteiger partial charge >= 0.3 is 12.3 Å². The van der Waals surface area contributed by atoms with E-state index in [4.69, 9.17) is 9.84 Å². The number of hydrogen-bond donors (Lipinski definition) is 4. The lowest BCUT2D eigenvalue weighted by molar-refractivity contribution is -0.137. The fourth-order valence-corrected chi connectivity index (χ4v) is 5.84. The molecule has 1 aromatic heterocycles. The summed E-state index contributed by atoms with van der Waals surface area (Å²) >= 11 is -2.82. The first-order valence-corrected chi connectivity index (χ1v) is 13.2. The van der Waals surface area contributed by atoms with Crippen LogP contribution in [0.1, 0.15) is 12.0 Å². The fraction of sp³-hybridized carbons (Fsp3) is 0.190. The molecule has 0 saturated heterocycles. The van der Waals surface area contributed by atoms with Crippen molar-refractivity contribution < 1.29 is 49.8 Å². The predicted molar refractivity (Wildman–Crippen MR) is 130 cm³/mol. The highest BCUT2D eigenvalue weighted by Crippen LogP contribution is 2.40. The lowest BCUT2D eigenvalue weighted by Crippen LogP contribution is -2.46. The van der Waals surface area contributed by atoms with Crippen LogP contribution in [0.5, 0.6) is 5.75 Å². The van der Waals surface area contributed by atoms with Crippen molar-refractivity contribution in [1.29, 1.82) is 0 Å². The fourth-order valence-electron chi connectivity index (χ4n) is 3.76. The number of benzene rings is 2. The van der Waals surface area contributed by atoms with Crippen molar-refractivity contribution in [2.45, 2.75) is 23.6 Å². The number of hydrogen-bond acceptors (Lipinski definition) is 7. The number of sulfonamides is 1. The van der Waals surface area contributed by atoms with E-state index in [9.17, 15) is 39.9 Å². The molecule has 0 aliphatic carbocycles. The Bertz CT molecular complexity index is 1530. The van der Waals surface area contributed by atoms with Gasteiger partial charge in [0.2, 0.25) is 5.91 Å². The van der Waals surface area contributed by atoms with Crippen LogP contribution in [0.2, 0.25) is 0 Å². The largest absolute Gasteiger partial charge is 0.486 e. The minimum absolute atomic E-state index is 0.0603. The van der Waals surface area contributed by atoms with Gasteiger partial charge in [-0.25, -0.2) is 21.7 Å². The number of carbonyl (C=O) groups is 2. The summed E-state index contributed by atoms with van der Waals surface area (Å²) in [5.74, 6) is -1.09. The molecular weight excluding hydrogens is 571 g/mol. The highest BCUT2D eigenvalue weighted by atomic mass is 32.2. The molecule has 0 radical (unpaired) electrons. The van der Waals surface area contributed by atoms with E-state index in [1.807, 2.05) is 5.32 Å². The second kappa shape index (κ2) is 10.5. The number of alkyl halides is 3. The van der Waals surface area contributed by atoms with Crippen LogP contribution in [-0.2, 0) is 32.3 Å². The van der Waals surface area contributed by atoms with Gasteiger partial charge in [-0.1, -0.05) is 6.07 Å². The number of fused-ring (bicyclic) bond motifs is 1. The summed E-state index contributed by atoms with van der Waals surface area (Å²) in [4.78, 5) is 23.3. The molecule has 2 unspecified atom stereocenters. The summed E-state index contributed by atoms with van der Waals surface area (Å²) in [6.07, 6.45) is -5.91. The van der Waals surface area contributed by atoms with E-state index in [0.717, 1.165) is 24.4 Å². The van der Waals surface area contributed by atoms with E-state index >= 15 is 0 Å². The Morgan fingerprint density at radius 2 is 2.00 bits per heavy atom. The number of ether oxygens (including phenoxy) is 1. The number of halogens is 3. The molecule has 0 spiro atoms. The highest BCUT2D eigenvalue weighted by molar-refractivity contribution is 7.92. The first kappa shape index (κ1) is 27.9. The maximum absolute atomic E-state index is 13.6. The van der Waals surface area contributed by atoms with Gasteiger partial charge in [0, 0.05) is 11.9 Å². The number of nitrogens with zero attached hydrogens (tertiary/aromatic N) is 3. The number of H-pyrrole nitrogens is 1. The average Bonchev–Trinajstić information content (AvgIpc) is 3.37. The molecule has 208 valence electrons. The van der Waals surface area contributed by atoms with Gasteiger partial charge < -0.3 is 9.84 Å². The van der Waals surface area contributed by atoms with Crippen LogP contribution in [0, 0.1) is 0 Å². The minimum atomic E-state index is -4.83. The van der Waals surface area contributed by atoms with Crippen LogP contribution in [-0.4, -0.2) is 57.1 Å². The Morgan fingerprint density at radius 3 is 2.62 bits per heavy atom. The summed E-state index contributed by atoms with van der Waals surface area (Å²) in [6, 6.07) is 6.57. The zero-order valence-corrected chi connectivity index (χ0v) is 21.0. The summed E-state index contributed by atoms with van der Waals surface area (Å²) < 4.78 is 95.4. The van der Waals surface area contributed by atoms with E-state index < -0.39 is 69.0 Å². The van der Waals surface area contributed by atoms with E-state index in [-0.39, 0.29) is 22.8 Å². The van der Waals surface area contributed by atoms with Gasteiger partial charge in [-0.15, -0.1) is 0 Å². The van der Waals surface area contributed by atoms with Crippen molar-refractivity contribution in [3.05, 3.63) is 60.4 Å². The Morgan fingerprint density at radius 1 is 1.26 bits per heavy atom. The Kier molecular flexibility index (Phi) is 7.53. The normalized spacial score (nSPS) is 16.1. The van der Waals surface area contributed by atoms with Gasteiger partial charge in [0.25, 0.3) is 21.3 Å². The molecule has 3 aromatic rings. The Balaban J connectivity index is 1.74. The van der Waals surface area contributed by atoms with Gasteiger partial charge in [0.15, 0.2) is 0 Å². The second-order valence-electron chi connectivity index (χ2n) is 7.99. The van der Waals surface area contributed by atoms with Gasteiger partial charge in [-0.2, -0.15) is 18.3 Å². The van der Waals surface area contributed by atoms with Crippen LogP contribution >= 0.6 is 0 Å². The number of rotatable bonds is 7. The first-order valence-electron chi connectivity index (χ1n) is 10.7. The van der Waals surface area contributed by atoms with Gasteiger partial charge in [-0.3, -0.25) is 24.1 Å². The summed E-state index contributed by atoms with van der Waals surface area (Å²) in [7, 11) is -4.72. The van der Waals surface area contributed by atoms with Crippen LogP contribution in [0.4, 0.5) is 35.0 Å². The summed E-state index contributed by atoms with van der Waals surface area (Å²) in [5, 5.41) is 17.0. The van der Waals surface area contributed by atoms with Crippen LogP contribution in [0.3, 0.4) is 0 Å². The van der Waals surface area contributed by atoms with Crippen molar-refractivity contribution in [3.63, 3.8) is 0 Å². The Hall–Kier alpha value is -4.16. The second-order valence-corrected chi connectivity index (χ2v) is 10.7. The standard InChI is InChI=1S/C21H18F3N5O8S2/c22-21(23,24)12-2-1-3-16(6-12)39(35,36)28-11-15(8-19(30)29(38(33)34)14-9-25-26-10-14)37-18-5-4-13(7-17(18)28)27-20(31)32/h1-7,9-10,15,27H,8,11H2,(H,25,26)(H,31,32)(H,33,34). The molecule has 4 rings (SSSR count). The number of carbonyl (C=O) groups excluding carboxylic acids is 1. The summed E-state index contributed by atoms with van der Waals surface area (Å²) in [6.45, 7) is -0.606. The third kappa shape index (κ3) is 5.96. The molecule has 0 fully saturated rings. The van der Waals surface area contributed by atoms with Crippen molar-refractivity contribution in [1.82, 2.24) is 10.2 Å². The van der Waals surface area contributed by atoms with E-state index in [2.05, 4.69) is 10.2 Å². The molecule has 18 heteroatoms. The monoisotopic (exact) mass is 589 g/mol. The quantitative estimate of drug-likeness (QED) is 0.301. The molecule has 39 heavy (non-hydrogen) atoms. The molecule has 1 aliphatic heterocycles. The highest BCUT2D eigenvalue weighted by Gasteiger charge is 2.38. The van der Waals surface area contributed by atoms with Crippen LogP contribution in [0.25, 0.3) is 0 Å². The number of amides is 2. The van der Waals surface area contributed by atoms with Crippen LogP contribution < -0.4 is 18.7 Å². The van der Waals surface area contributed by atoms with Crippen LogP contribution in [0.15, 0.2) is 59.8 Å². The maximum Gasteiger partial charge on any atom is 0.416 e. The zero-order chi connectivity index (χ0) is 28.5. The van der Waals surface area contributed by atoms with Gasteiger partial charge in [-0.05, 0) is 36.4 Å². The topological polar surface area (TPSA) is 182 Å². The lowest BCUT2D eigenvalue weighted by Gasteiger charge is -2.36. The number of aromatic amines is 1. The molecular formula is C21H18F3N5O8S2. The van der Waals surface area contributed by atoms with Crippen molar-refractivity contribution in [3.8, 4) is 5.75 Å². The maximum atomic E-state index is 13.6. The number of carboxylic acid groups (broad SMARTS) is 1. The van der Waals surface area contributed by atoms with Crippen molar-refractivity contribution in [2.24, 2.45) is 0 Å². The van der Waals surface area contributed by atoms with Crippen molar-refractivity contribution in [2.75, 3.05) is 20.5 Å². The van der Waals surface area contributed by atoms with Gasteiger partial charge in [0.05, 0.1) is 41.0 Å². The average molecular weight is 590 g/mol. The molecule has 2 heterocycles. The molecule has 0 saturated carbocycles. The molecule has 4 N–H and O–H groups in total. The molecule has 0 bridgehead atoms. The molecule has 2 aromatic carbocycles. The van der Waals surface area contributed by atoms with Gasteiger partial charge in [0.1, 0.15) is 11.9 Å². The number of aromatic nitrogens is 2. The van der Waals surface area contributed by atoms with Crippen molar-refractivity contribution >= 4 is 50.4 Å². The van der Waals surface area contributed by atoms with E-state index in [1.54, 1.807) is 0 Å². The minimum Gasteiger partial charge on any atom is -0.486 e. The predicted octanol–water partition coefficient (Wildman–Crippen LogP) is 3.03. The first-order chi connectivity index (χ1) is 18.3. The summed E-state index contributed by atoms with van der Waals surface area (Å²) in [5.41, 5.74) is -1.55. The lowest BCUT2D eigenvalue weighted by atomic mass is 10.1. The molecule has 2 atom stereocenters. The third-order valence-corrected chi connectivity index (χ3v) is 7.90. The van der Waals surface area contributed by atoms with E-state index in [1.165, 1.54) is 18.3 Å². The SMILES string of the molecule is O=C(O)Nc1ccc2c(c1)N(S(=O)(=O)c1cccc(C(F)(F)F)c1)CC(CC(=O)N(c1cn[nH]c1)S(=O)O)O2. The number of nitrogens with one attached hydrogen (secondary N) is 2. The molecule has 2 amide bonds. The smallest absolute Gasteiger partial charge is 0.416 e. The zero-order valence-electron chi connectivity index (χ0n) is 19.3. The van der Waals surface area contributed by atoms with E-state index in [0.29, 0.717) is 20.7 Å². The Labute approximate surface area is 220 Å². The molecule has 1 aliphatic rings. The third-order valence-electron chi connectivity index (χ3n) is 5.39.